The summed E-state index contributed by atoms with van der Waals surface area (Å²) < 4.78 is 19.0. The minimum Gasteiger partial charge on any atom is -0.477 e. The molecule has 1 aromatic carbocycles. The number of hydrogen-bond donors (Lipinski definition) is 1. The largest absolute Gasteiger partial charge is 0.477 e. The number of piperidine rings is 1. The Balaban J connectivity index is 1.66. The molecule has 4 rings (SSSR count). The van der Waals surface area contributed by atoms with E-state index >= 15 is 0 Å². The first-order valence-electron chi connectivity index (χ1n) is 10.1. The summed E-state index contributed by atoms with van der Waals surface area (Å²) in [6, 6.07) is 14.8. The van der Waals surface area contributed by atoms with E-state index in [2.05, 4.69) is 22.2 Å². The number of Topliss-reactive ketones (excluding diaryl/α,β-unsaturated/α-hetero) is 1. The van der Waals surface area contributed by atoms with Gasteiger partial charge in [-0.2, -0.15) is 0 Å². The van der Waals surface area contributed by atoms with Gasteiger partial charge in [-0.1, -0.05) is 30.3 Å². The molecule has 1 aliphatic heterocycles. The van der Waals surface area contributed by atoms with Crippen molar-refractivity contribution in [1.82, 2.24) is 15.3 Å². The number of halogens is 1. The Kier molecular flexibility index (Phi) is 5.86. The fourth-order valence-corrected chi connectivity index (χ4v) is 3.83. The molecule has 1 fully saturated rings. The van der Waals surface area contributed by atoms with Crippen LogP contribution < -0.4 is 10.1 Å². The number of ether oxygens (including phenoxy) is 1. The average molecular weight is 405 g/mol. The molecular weight excluding hydrogens is 381 g/mol. The highest BCUT2D eigenvalue weighted by Crippen LogP contribution is 2.36. The molecule has 0 amide bonds. The molecule has 30 heavy (non-hydrogen) atoms. The second kappa shape index (κ2) is 8.71. The van der Waals surface area contributed by atoms with E-state index in [-0.39, 0.29) is 12.4 Å². The monoisotopic (exact) mass is 405 g/mol. The van der Waals surface area contributed by atoms with Crippen LogP contribution in [0.4, 0.5) is 4.39 Å². The van der Waals surface area contributed by atoms with Gasteiger partial charge in [0.05, 0.1) is 11.6 Å². The topological polar surface area (TPSA) is 64.1 Å². The Hall–Kier alpha value is -3.12. The van der Waals surface area contributed by atoms with Crippen molar-refractivity contribution < 1.29 is 13.9 Å². The molecule has 1 aliphatic rings. The molecule has 3 aromatic rings. The first kappa shape index (κ1) is 20.2. The lowest BCUT2D eigenvalue weighted by Gasteiger charge is -2.38. The summed E-state index contributed by atoms with van der Waals surface area (Å²) in [6.07, 6.45) is 5.99. The second-order valence-corrected chi connectivity index (χ2v) is 7.82. The van der Waals surface area contributed by atoms with Gasteiger partial charge in [-0.25, -0.2) is 9.37 Å². The predicted molar refractivity (Wildman–Crippen MR) is 113 cm³/mol. The van der Waals surface area contributed by atoms with E-state index in [9.17, 15) is 9.18 Å². The Labute approximate surface area is 175 Å². The number of nitrogens with zero attached hydrogens (tertiary/aromatic N) is 2. The van der Waals surface area contributed by atoms with Gasteiger partial charge in [-0.3, -0.25) is 9.78 Å². The number of hydrogen-bond acceptors (Lipinski definition) is 5. The fraction of sp³-hybridized carbons (Fsp3) is 0.292. The van der Waals surface area contributed by atoms with Crippen LogP contribution in [0.2, 0.25) is 0 Å². The lowest BCUT2D eigenvalue weighted by Crippen LogP contribution is -2.52. The highest BCUT2D eigenvalue weighted by molar-refractivity contribution is 6.05. The molecule has 6 heteroatoms. The summed E-state index contributed by atoms with van der Waals surface area (Å²) in [4.78, 5) is 22.0. The third-order valence-corrected chi connectivity index (χ3v) is 5.67. The van der Waals surface area contributed by atoms with Gasteiger partial charge in [0.1, 0.15) is 12.4 Å². The number of carbonyl (C=O) groups is 1. The first-order chi connectivity index (χ1) is 14.6. The summed E-state index contributed by atoms with van der Waals surface area (Å²) in [6.45, 7) is 2.76. The maximum absolute atomic E-state index is 13.9. The minimum absolute atomic E-state index is 0.00374. The van der Waals surface area contributed by atoms with Crippen molar-refractivity contribution >= 4 is 5.78 Å². The smallest absolute Gasteiger partial charge is 0.213 e. The molecule has 0 aliphatic carbocycles. The number of pyridine rings is 2. The van der Waals surface area contributed by atoms with Crippen molar-refractivity contribution in [1.29, 1.82) is 0 Å². The maximum Gasteiger partial charge on any atom is 0.213 e. The average Bonchev–Trinajstić information content (AvgIpc) is 2.80. The Morgan fingerprint density at radius 2 is 2.03 bits per heavy atom. The molecule has 2 aromatic heterocycles. The van der Waals surface area contributed by atoms with Crippen LogP contribution in [0.5, 0.6) is 5.88 Å². The quantitative estimate of drug-likeness (QED) is 0.620. The van der Waals surface area contributed by atoms with E-state index < -0.39 is 11.2 Å². The summed E-state index contributed by atoms with van der Waals surface area (Å²) in [5, 5.41) is 3.43. The standard InChI is InChI=1S/C24H24FN3O2/c1-17-9-11-24(15-28-17,16-30-22-8-7-19(25)13-27-22)23(29)21-14-26-12-10-20(21)18-5-3-2-4-6-18/h2-8,10,12-14,17,28H,9,11,15-16H2,1H3/t17-,24-/m1/s1. The van der Waals surface area contributed by atoms with Crippen molar-refractivity contribution in [2.24, 2.45) is 5.41 Å². The molecule has 0 radical (unpaired) electrons. The van der Waals surface area contributed by atoms with Gasteiger partial charge in [0.25, 0.3) is 0 Å². The molecular formula is C24H24FN3O2. The van der Waals surface area contributed by atoms with Gasteiger partial charge < -0.3 is 10.1 Å². The van der Waals surface area contributed by atoms with Crippen molar-refractivity contribution in [3.63, 3.8) is 0 Å². The zero-order valence-electron chi connectivity index (χ0n) is 16.8. The molecule has 154 valence electrons. The number of aromatic nitrogens is 2. The van der Waals surface area contributed by atoms with Crippen molar-refractivity contribution in [3.8, 4) is 17.0 Å². The van der Waals surface area contributed by atoms with Crippen LogP contribution in [0.25, 0.3) is 11.1 Å². The minimum atomic E-state index is -0.755. The molecule has 0 unspecified atom stereocenters. The Morgan fingerprint density at radius 1 is 1.20 bits per heavy atom. The highest BCUT2D eigenvalue weighted by Gasteiger charge is 2.43. The summed E-state index contributed by atoms with van der Waals surface area (Å²) in [5.74, 6) is -0.128. The first-order valence-corrected chi connectivity index (χ1v) is 10.1. The van der Waals surface area contributed by atoms with Gasteiger partial charge in [-0.05, 0) is 43.0 Å². The van der Waals surface area contributed by atoms with Crippen LogP contribution in [0.15, 0.2) is 67.1 Å². The zero-order chi connectivity index (χ0) is 21.0. The van der Waals surface area contributed by atoms with Crippen LogP contribution in [0.1, 0.15) is 30.1 Å². The Bertz CT molecular complexity index is 1000. The van der Waals surface area contributed by atoms with E-state index in [0.717, 1.165) is 23.7 Å². The summed E-state index contributed by atoms with van der Waals surface area (Å²) >= 11 is 0. The molecule has 5 nitrogen and oxygen atoms in total. The predicted octanol–water partition coefficient (Wildman–Crippen LogP) is 4.30. The normalized spacial score (nSPS) is 21.2. The number of rotatable bonds is 6. The van der Waals surface area contributed by atoms with Gasteiger partial charge in [-0.15, -0.1) is 0 Å². The molecule has 3 heterocycles. The van der Waals surface area contributed by atoms with Crippen LogP contribution in [-0.4, -0.2) is 34.9 Å². The maximum atomic E-state index is 13.9. The highest BCUT2D eigenvalue weighted by atomic mass is 19.1. The van der Waals surface area contributed by atoms with Crippen molar-refractivity contribution in [2.45, 2.75) is 25.8 Å². The molecule has 1 saturated heterocycles. The van der Waals surface area contributed by atoms with Crippen LogP contribution in [-0.2, 0) is 0 Å². The van der Waals surface area contributed by atoms with E-state index in [0.29, 0.717) is 30.5 Å². The molecule has 1 N–H and O–H groups in total. The van der Waals surface area contributed by atoms with E-state index in [1.165, 1.54) is 12.1 Å². The number of ketones is 1. The van der Waals surface area contributed by atoms with Gasteiger partial charge in [0.15, 0.2) is 5.78 Å². The summed E-state index contributed by atoms with van der Waals surface area (Å²) in [7, 11) is 0. The van der Waals surface area contributed by atoms with E-state index in [1.54, 1.807) is 12.4 Å². The fourth-order valence-electron chi connectivity index (χ4n) is 3.83. The SMILES string of the molecule is C[C@@H]1CC[C@@](COc2ccc(F)cn2)(C(=O)c2cnccc2-c2ccccc2)CN1. The van der Waals surface area contributed by atoms with E-state index in [4.69, 9.17) is 4.74 Å². The Morgan fingerprint density at radius 3 is 2.73 bits per heavy atom. The third kappa shape index (κ3) is 4.24. The van der Waals surface area contributed by atoms with Gasteiger partial charge >= 0.3 is 0 Å². The number of benzene rings is 1. The van der Waals surface area contributed by atoms with Gasteiger partial charge in [0, 0.05) is 36.6 Å². The number of nitrogens with one attached hydrogen (secondary N) is 1. The van der Waals surface area contributed by atoms with Crippen LogP contribution >= 0.6 is 0 Å². The van der Waals surface area contributed by atoms with Crippen molar-refractivity contribution in [2.75, 3.05) is 13.2 Å². The van der Waals surface area contributed by atoms with Crippen molar-refractivity contribution in [3.05, 3.63) is 78.5 Å². The van der Waals surface area contributed by atoms with Crippen LogP contribution in [0, 0.1) is 11.2 Å². The third-order valence-electron chi connectivity index (χ3n) is 5.67. The molecule has 0 saturated carbocycles. The lowest BCUT2D eigenvalue weighted by molar-refractivity contribution is 0.0559. The lowest BCUT2D eigenvalue weighted by atomic mass is 9.73. The number of carbonyl (C=O) groups excluding carboxylic acids is 1. The molecule has 0 spiro atoms. The molecule has 0 bridgehead atoms. The summed E-state index contributed by atoms with van der Waals surface area (Å²) in [5.41, 5.74) is 1.65. The molecule has 2 atom stereocenters. The second-order valence-electron chi connectivity index (χ2n) is 7.82. The zero-order valence-corrected chi connectivity index (χ0v) is 16.8. The van der Waals surface area contributed by atoms with Crippen LogP contribution in [0.3, 0.4) is 0 Å². The van der Waals surface area contributed by atoms with Gasteiger partial charge in [0.2, 0.25) is 5.88 Å². The van der Waals surface area contributed by atoms with E-state index in [1.807, 2.05) is 36.4 Å².